The number of anilines is 2. The van der Waals surface area contributed by atoms with E-state index in [2.05, 4.69) is 10.3 Å². The molecule has 2 amide bonds. The standard InChI is InChI=1S/C30H24N4O4S/c35-27(32-23-12-13-23)21-10-14-24(15-11-21)33(29-31-16-17-39-29)28(36)26-18-22-8-4-5-9-25(22)34(26)30(37)38-19-20-6-2-1-3-7-20/h1-11,14-18,23H,12-13,19H2,(H,32,35). The minimum atomic E-state index is -0.658. The first-order chi connectivity index (χ1) is 19.1. The van der Waals surface area contributed by atoms with Crippen molar-refractivity contribution in [3.05, 3.63) is 113 Å². The first-order valence-electron chi connectivity index (χ1n) is 12.5. The van der Waals surface area contributed by atoms with E-state index in [1.165, 1.54) is 20.8 Å². The molecule has 1 aliphatic rings. The van der Waals surface area contributed by atoms with E-state index in [1.54, 1.807) is 48.0 Å². The minimum absolute atomic E-state index is 0.0698. The van der Waals surface area contributed by atoms with Crippen LogP contribution in [0.4, 0.5) is 15.6 Å². The Morgan fingerprint density at radius 2 is 1.72 bits per heavy atom. The Morgan fingerprint density at radius 3 is 2.44 bits per heavy atom. The summed E-state index contributed by atoms with van der Waals surface area (Å²) >= 11 is 1.29. The molecule has 0 unspecified atom stereocenters. The molecule has 2 heterocycles. The lowest BCUT2D eigenvalue weighted by atomic mass is 10.1. The molecule has 5 aromatic rings. The van der Waals surface area contributed by atoms with Gasteiger partial charge in [-0.05, 0) is 54.8 Å². The van der Waals surface area contributed by atoms with Gasteiger partial charge >= 0.3 is 6.09 Å². The van der Waals surface area contributed by atoms with Crippen molar-refractivity contribution in [2.45, 2.75) is 25.5 Å². The number of hydrogen-bond donors (Lipinski definition) is 1. The third-order valence-corrected chi connectivity index (χ3v) is 7.19. The zero-order valence-corrected chi connectivity index (χ0v) is 21.6. The normalized spacial score (nSPS) is 12.7. The van der Waals surface area contributed by atoms with Gasteiger partial charge in [0.2, 0.25) is 0 Å². The first-order valence-corrected chi connectivity index (χ1v) is 13.4. The van der Waals surface area contributed by atoms with Crippen molar-refractivity contribution in [3.63, 3.8) is 0 Å². The highest BCUT2D eigenvalue weighted by Gasteiger charge is 2.29. The first kappa shape index (κ1) is 24.6. The molecule has 0 spiro atoms. The lowest BCUT2D eigenvalue weighted by molar-refractivity contribution is 0.0950. The van der Waals surface area contributed by atoms with Crippen LogP contribution in [0.25, 0.3) is 10.9 Å². The largest absolute Gasteiger partial charge is 0.444 e. The molecule has 1 fully saturated rings. The van der Waals surface area contributed by atoms with Crippen molar-refractivity contribution >= 4 is 51.0 Å². The fraction of sp³-hybridized carbons (Fsp3) is 0.133. The van der Waals surface area contributed by atoms with Crippen molar-refractivity contribution in [2.24, 2.45) is 0 Å². The van der Waals surface area contributed by atoms with E-state index in [9.17, 15) is 14.4 Å². The number of hydrogen-bond acceptors (Lipinski definition) is 6. The molecule has 0 saturated heterocycles. The molecule has 0 radical (unpaired) electrons. The Morgan fingerprint density at radius 1 is 0.974 bits per heavy atom. The number of aromatic nitrogens is 2. The summed E-state index contributed by atoms with van der Waals surface area (Å²) in [6, 6.07) is 25.4. The summed E-state index contributed by atoms with van der Waals surface area (Å²) in [5.41, 5.74) is 2.57. The maximum atomic E-state index is 14.2. The second-order valence-corrected chi connectivity index (χ2v) is 10.1. The van der Waals surface area contributed by atoms with E-state index in [0.717, 1.165) is 23.8 Å². The number of fused-ring (bicyclic) bond motifs is 1. The van der Waals surface area contributed by atoms with E-state index in [0.29, 0.717) is 21.9 Å². The highest BCUT2D eigenvalue weighted by molar-refractivity contribution is 7.14. The molecular formula is C30H24N4O4S. The molecule has 0 aliphatic heterocycles. The summed E-state index contributed by atoms with van der Waals surface area (Å²) < 4.78 is 6.93. The monoisotopic (exact) mass is 536 g/mol. The highest BCUT2D eigenvalue weighted by atomic mass is 32.1. The topological polar surface area (TPSA) is 93.5 Å². The van der Waals surface area contributed by atoms with Gasteiger partial charge in [0.15, 0.2) is 5.13 Å². The van der Waals surface area contributed by atoms with Crippen molar-refractivity contribution in [3.8, 4) is 0 Å². The van der Waals surface area contributed by atoms with Crippen LogP contribution in [0.15, 0.2) is 96.5 Å². The number of carbonyl (C=O) groups is 3. The third-order valence-electron chi connectivity index (χ3n) is 6.43. The van der Waals surface area contributed by atoms with Gasteiger partial charge in [-0.3, -0.25) is 14.5 Å². The number of para-hydroxylation sites is 1. The molecule has 1 aliphatic carbocycles. The molecule has 0 bridgehead atoms. The van der Waals surface area contributed by atoms with Crippen LogP contribution in [0.1, 0.15) is 39.3 Å². The van der Waals surface area contributed by atoms with Gasteiger partial charge in [0, 0.05) is 28.6 Å². The Kier molecular flexibility index (Phi) is 6.64. The maximum Gasteiger partial charge on any atom is 0.419 e. The molecule has 0 atom stereocenters. The Bertz CT molecular complexity index is 1640. The number of thiazole rings is 1. The lowest BCUT2D eigenvalue weighted by Gasteiger charge is -2.21. The van der Waals surface area contributed by atoms with Crippen LogP contribution in [0.3, 0.4) is 0 Å². The van der Waals surface area contributed by atoms with Crippen LogP contribution in [-0.4, -0.2) is 33.5 Å². The number of nitrogens with zero attached hydrogens (tertiary/aromatic N) is 3. The predicted octanol–water partition coefficient (Wildman–Crippen LogP) is 6.15. The van der Waals surface area contributed by atoms with Crippen molar-refractivity contribution in [1.29, 1.82) is 0 Å². The molecular weight excluding hydrogens is 512 g/mol. The molecule has 194 valence electrons. The molecule has 3 aromatic carbocycles. The SMILES string of the molecule is O=C(NC1CC1)c1ccc(N(C(=O)c2cc3ccccc3n2C(=O)OCc2ccccc2)c2nccs2)cc1. The second kappa shape index (κ2) is 10.5. The summed E-state index contributed by atoms with van der Waals surface area (Å²) in [5, 5.41) is 5.90. The zero-order chi connectivity index (χ0) is 26.8. The fourth-order valence-corrected chi connectivity index (χ4v) is 4.97. The van der Waals surface area contributed by atoms with Gasteiger partial charge in [0.25, 0.3) is 11.8 Å². The number of amides is 2. The summed E-state index contributed by atoms with van der Waals surface area (Å²) in [6.45, 7) is 0.0698. The maximum absolute atomic E-state index is 14.2. The highest BCUT2D eigenvalue weighted by Crippen LogP contribution is 2.32. The summed E-state index contributed by atoms with van der Waals surface area (Å²) in [4.78, 5) is 45.9. The van der Waals surface area contributed by atoms with Gasteiger partial charge in [-0.1, -0.05) is 48.5 Å². The molecule has 6 rings (SSSR count). The minimum Gasteiger partial charge on any atom is -0.444 e. The van der Waals surface area contributed by atoms with Crippen LogP contribution in [-0.2, 0) is 11.3 Å². The number of rotatable bonds is 7. The van der Waals surface area contributed by atoms with E-state index in [1.807, 2.05) is 48.5 Å². The zero-order valence-electron chi connectivity index (χ0n) is 20.8. The molecule has 8 nitrogen and oxygen atoms in total. The number of carbonyl (C=O) groups excluding carboxylic acids is 3. The van der Waals surface area contributed by atoms with Gasteiger partial charge in [-0.15, -0.1) is 11.3 Å². The van der Waals surface area contributed by atoms with E-state index >= 15 is 0 Å². The lowest BCUT2D eigenvalue weighted by Crippen LogP contribution is -2.30. The number of ether oxygens (including phenoxy) is 1. The Balaban J connectivity index is 1.35. The van der Waals surface area contributed by atoms with Gasteiger partial charge in [0.05, 0.1) is 11.2 Å². The smallest absolute Gasteiger partial charge is 0.419 e. The Labute approximate surface area is 228 Å². The average molecular weight is 537 g/mol. The number of benzene rings is 3. The van der Waals surface area contributed by atoms with Crippen molar-refractivity contribution < 1.29 is 19.1 Å². The van der Waals surface area contributed by atoms with E-state index < -0.39 is 12.0 Å². The van der Waals surface area contributed by atoms with Crippen LogP contribution in [0.5, 0.6) is 0 Å². The van der Waals surface area contributed by atoms with Crippen molar-refractivity contribution in [1.82, 2.24) is 14.9 Å². The van der Waals surface area contributed by atoms with Crippen LogP contribution in [0.2, 0.25) is 0 Å². The molecule has 9 heteroatoms. The molecule has 1 saturated carbocycles. The van der Waals surface area contributed by atoms with Crippen LogP contribution >= 0.6 is 11.3 Å². The van der Waals surface area contributed by atoms with Gasteiger partial charge in [-0.25, -0.2) is 14.3 Å². The van der Waals surface area contributed by atoms with Crippen LogP contribution in [0, 0.1) is 0 Å². The summed E-state index contributed by atoms with van der Waals surface area (Å²) in [7, 11) is 0. The van der Waals surface area contributed by atoms with Crippen molar-refractivity contribution in [2.75, 3.05) is 4.90 Å². The third kappa shape index (κ3) is 5.17. The summed E-state index contributed by atoms with van der Waals surface area (Å²) in [5.74, 6) is -0.592. The molecule has 1 N–H and O–H groups in total. The van der Waals surface area contributed by atoms with Gasteiger partial charge in [0.1, 0.15) is 12.3 Å². The Hall–Kier alpha value is -4.76. The quantitative estimate of drug-likeness (QED) is 0.269. The number of nitrogens with one attached hydrogen (secondary N) is 1. The van der Waals surface area contributed by atoms with E-state index in [-0.39, 0.29) is 24.2 Å². The molecule has 2 aromatic heterocycles. The molecule has 39 heavy (non-hydrogen) atoms. The predicted molar refractivity (Wildman–Crippen MR) is 149 cm³/mol. The van der Waals surface area contributed by atoms with Crippen LogP contribution < -0.4 is 10.2 Å². The van der Waals surface area contributed by atoms with E-state index in [4.69, 9.17) is 4.74 Å². The fourth-order valence-electron chi connectivity index (χ4n) is 4.31. The van der Waals surface area contributed by atoms with Gasteiger partial charge in [-0.2, -0.15) is 0 Å². The van der Waals surface area contributed by atoms with Gasteiger partial charge < -0.3 is 10.1 Å². The average Bonchev–Trinajstić information content (AvgIpc) is 3.45. The second-order valence-electron chi connectivity index (χ2n) is 9.21. The summed E-state index contributed by atoms with van der Waals surface area (Å²) in [6.07, 6.45) is 2.95.